The molecular weight excluding hydrogens is 426 g/mol. The number of allylic oxidation sites excluding steroid dienone is 2. The van der Waals surface area contributed by atoms with Crippen LogP contribution >= 0.6 is 11.8 Å². The third-order valence-corrected chi connectivity index (χ3v) is 5.72. The first-order valence-electron chi connectivity index (χ1n) is 9.92. The summed E-state index contributed by atoms with van der Waals surface area (Å²) in [5.41, 5.74) is 2.11. The predicted molar refractivity (Wildman–Crippen MR) is 122 cm³/mol. The van der Waals surface area contributed by atoms with Gasteiger partial charge in [-0.25, -0.2) is 4.79 Å². The van der Waals surface area contributed by atoms with Crippen molar-refractivity contribution in [3.05, 3.63) is 94.6 Å². The SMILES string of the molecule is C=CCOC(=O)C1=C(C)NC(SCC(=O)NCc2ccccc2)=C(C#N)[C@@H]1c1ccco1. The lowest BCUT2D eigenvalue weighted by atomic mass is 9.86. The van der Waals surface area contributed by atoms with Gasteiger partial charge in [0.15, 0.2) is 0 Å². The van der Waals surface area contributed by atoms with Gasteiger partial charge in [-0.3, -0.25) is 4.79 Å². The largest absolute Gasteiger partial charge is 0.468 e. The van der Waals surface area contributed by atoms with Gasteiger partial charge in [-0.1, -0.05) is 54.7 Å². The first kappa shape index (κ1) is 23.0. The molecule has 0 spiro atoms. The zero-order valence-electron chi connectivity index (χ0n) is 17.6. The molecular formula is C24H23N3O4S. The third-order valence-electron chi connectivity index (χ3n) is 4.71. The van der Waals surface area contributed by atoms with Crippen LogP contribution in [0, 0.1) is 11.3 Å². The van der Waals surface area contributed by atoms with E-state index in [0.717, 1.165) is 5.56 Å². The highest BCUT2D eigenvalue weighted by Gasteiger charge is 2.37. The number of hydrogen-bond acceptors (Lipinski definition) is 7. The third kappa shape index (κ3) is 5.50. The van der Waals surface area contributed by atoms with Gasteiger partial charge in [0.1, 0.15) is 12.4 Å². The van der Waals surface area contributed by atoms with Crippen molar-refractivity contribution in [2.45, 2.75) is 19.4 Å². The molecule has 1 atom stereocenters. The Hall–Kier alpha value is -3.70. The fraction of sp³-hybridized carbons (Fsp3) is 0.208. The number of dihydropyridines is 1. The standard InChI is InChI=1S/C24H23N3O4S/c1-3-11-31-24(29)21-16(2)27-23(18(13-25)22(21)19-10-7-12-30-19)32-15-20(28)26-14-17-8-5-4-6-9-17/h3-10,12,22,27H,1,11,14-15H2,2H3,(H,26,28)/t22-/m1/s1. The molecule has 0 radical (unpaired) electrons. The zero-order valence-corrected chi connectivity index (χ0v) is 18.4. The number of ether oxygens (including phenoxy) is 1. The molecule has 8 heteroatoms. The maximum Gasteiger partial charge on any atom is 0.337 e. The molecule has 7 nitrogen and oxygen atoms in total. The van der Waals surface area contributed by atoms with E-state index in [4.69, 9.17) is 9.15 Å². The number of nitriles is 1. The van der Waals surface area contributed by atoms with Crippen LogP contribution in [-0.2, 0) is 20.9 Å². The Morgan fingerprint density at radius 1 is 1.31 bits per heavy atom. The second-order valence-electron chi connectivity index (χ2n) is 6.90. The molecule has 2 N–H and O–H groups in total. The molecule has 1 aromatic heterocycles. The van der Waals surface area contributed by atoms with Crippen molar-refractivity contribution in [2.24, 2.45) is 0 Å². The van der Waals surface area contributed by atoms with Crippen molar-refractivity contribution < 1.29 is 18.7 Å². The zero-order chi connectivity index (χ0) is 22.9. The minimum Gasteiger partial charge on any atom is -0.468 e. The lowest BCUT2D eigenvalue weighted by molar-refractivity contribution is -0.138. The molecule has 164 valence electrons. The van der Waals surface area contributed by atoms with E-state index >= 15 is 0 Å². The van der Waals surface area contributed by atoms with Gasteiger partial charge in [-0.05, 0) is 24.6 Å². The van der Waals surface area contributed by atoms with Crippen LogP contribution in [0.5, 0.6) is 0 Å². The molecule has 0 saturated heterocycles. The van der Waals surface area contributed by atoms with Gasteiger partial charge in [0.05, 0.1) is 40.2 Å². The highest BCUT2D eigenvalue weighted by Crippen LogP contribution is 2.41. The highest BCUT2D eigenvalue weighted by atomic mass is 32.2. The lowest BCUT2D eigenvalue weighted by Gasteiger charge is -2.27. The Balaban J connectivity index is 1.78. The smallest absolute Gasteiger partial charge is 0.337 e. The van der Waals surface area contributed by atoms with Crippen LogP contribution < -0.4 is 10.6 Å². The minimum absolute atomic E-state index is 0.0509. The number of furan rings is 1. The summed E-state index contributed by atoms with van der Waals surface area (Å²) in [5.74, 6) is -0.913. The van der Waals surface area contributed by atoms with E-state index < -0.39 is 11.9 Å². The van der Waals surface area contributed by atoms with Crippen molar-refractivity contribution in [3.8, 4) is 6.07 Å². The van der Waals surface area contributed by atoms with Gasteiger partial charge in [-0.15, -0.1) is 0 Å². The fourth-order valence-corrected chi connectivity index (χ4v) is 4.16. The number of nitrogens with one attached hydrogen (secondary N) is 2. The summed E-state index contributed by atoms with van der Waals surface area (Å²) in [6.45, 7) is 5.75. The van der Waals surface area contributed by atoms with Crippen LogP contribution in [0.2, 0.25) is 0 Å². The van der Waals surface area contributed by atoms with Crippen LogP contribution in [0.25, 0.3) is 0 Å². The van der Waals surface area contributed by atoms with Crippen LogP contribution in [0.3, 0.4) is 0 Å². The highest BCUT2D eigenvalue weighted by molar-refractivity contribution is 8.03. The average molecular weight is 450 g/mol. The summed E-state index contributed by atoms with van der Waals surface area (Å²) in [6.07, 6.45) is 2.96. The summed E-state index contributed by atoms with van der Waals surface area (Å²) in [4.78, 5) is 25.1. The molecule has 0 aliphatic carbocycles. The number of carbonyl (C=O) groups excluding carboxylic acids is 2. The Morgan fingerprint density at radius 2 is 2.09 bits per heavy atom. The molecule has 0 fully saturated rings. The van der Waals surface area contributed by atoms with Crippen molar-refractivity contribution >= 4 is 23.6 Å². The molecule has 2 aromatic rings. The maximum atomic E-state index is 12.7. The first-order valence-corrected chi connectivity index (χ1v) is 10.9. The topological polar surface area (TPSA) is 104 Å². The van der Waals surface area contributed by atoms with Gasteiger partial charge in [0.2, 0.25) is 5.91 Å². The van der Waals surface area contributed by atoms with Crippen molar-refractivity contribution in [1.29, 1.82) is 5.26 Å². The van der Waals surface area contributed by atoms with Crippen LogP contribution in [0.1, 0.15) is 24.2 Å². The number of hydrogen-bond donors (Lipinski definition) is 2. The molecule has 32 heavy (non-hydrogen) atoms. The molecule has 0 bridgehead atoms. The summed E-state index contributed by atoms with van der Waals surface area (Å²) in [6, 6.07) is 15.2. The number of thioether (sulfide) groups is 1. The second kappa shape index (κ2) is 11.1. The predicted octanol–water partition coefficient (Wildman–Crippen LogP) is 3.75. The summed E-state index contributed by atoms with van der Waals surface area (Å²) in [5, 5.41) is 16.4. The molecule has 3 rings (SSSR count). The average Bonchev–Trinajstić information content (AvgIpc) is 3.34. The van der Waals surface area contributed by atoms with Gasteiger partial charge in [0, 0.05) is 12.2 Å². The second-order valence-corrected chi connectivity index (χ2v) is 7.89. The number of esters is 1. The molecule has 0 unspecified atom stereocenters. The van der Waals surface area contributed by atoms with E-state index in [2.05, 4.69) is 23.3 Å². The van der Waals surface area contributed by atoms with Gasteiger partial charge >= 0.3 is 5.97 Å². The van der Waals surface area contributed by atoms with E-state index in [1.54, 1.807) is 19.1 Å². The number of amides is 1. The number of benzene rings is 1. The van der Waals surface area contributed by atoms with Gasteiger partial charge in [-0.2, -0.15) is 5.26 Å². The molecule has 2 heterocycles. The summed E-state index contributed by atoms with van der Waals surface area (Å²) in [7, 11) is 0. The monoisotopic (exact) mass is 449 g/mol. The summed E-state index contributed by atoms with van der Waals surface area (Å²) >= 11 is 1.20. The van der Waals surface area contributed by atoms with E-state index in [1.807, 2.05) is 30.3 Å². The van der Waals surface area contributed by atoms with E-state index in [-0.39, 0.29) is 29.4 Å². The van der Waals surface area contributed by atoms with E-state index in [1.165, 1.54) is 24.1 Å². The molecule has 1 amide bonds. The Kier molecular flexibility index (Phi) is 7.95. The fourth-order valence-electron chi connectivity index (χ4n) is 3.23. The Bertz CT molecular complexity index is 1080. The van der Waals surface area contributed by atoms with Gasteiger partial charge < -0.3 is 19.8 Å². The summed E-state index contributed by atoms with van der Waals surface area (Å²) < 4.78 is 10.8. The molecule has 1 aliphatic heterocycles. The number of rotatable bonds is 9. The number of nitrogens with zero attached hydrogens (tertiary/aromatic N) is 1. The van der Waals surface area contributed by atoms with Crippen molar-refractivity contribution in [3.63, 3.8) is 0 Å². The molecule has 1 aliphatic rings. The quantitative estimate of drug-likeness (QED) is 0.444. The van der Waals surface area contributed by atoms with Crippen molar-refractivity contribution in [2.75, 3.05) is 12.4 Å². The Labute approximate surface area is 190 Å². The van der Waals surface area contributed by atoms with E-state index in [0.29, 0.717) is 23.0 Å². The minimum atomic E-state index is -0.733. The maximum absolute atomic E-state index is 12.7. The molecule has 0 saturated carbocycles. The Morgan fingerprint density at radius 3 is 2.75 bits per heavy atom. The number of carbonyl (C=O) groups is 2. The lowest BCUT2D eigenvalue weighted by Crippen LogP contribution is -2.30. The van der Waals surface area contributed by atoms with Crippen LogP contribution in [0.4, 0.5) is 0 Å². The van der Waals surface area contributed by atoms with Crippen LogP contribution in [0.15, 0.2) is 87.7 Å². The van der Waals surface area contributed by atoms with E-state index in [9.17, 15) is 14.9 Å². The molecule has 1 aromatic carbocycles. The van der Waals surface area contributed by atoms with Crippen LogP contribution in [-0.4, -0.2) is 24.2 Å². The first-order chi connectivity index (χ1) is 15.5. The normalized spacial score (nSPS) is 15.6. The van der Waals surface area contributed by atoms with Crippen molar-refractivity contribution in [1.82, 2.24) is 10.6 Å². The van der Waals surface area contributed by atoms with Gasteiger partial charge in [0.25, 0.3) is 0 Å².